The molecule has 0 aliphatic heterocycles. The molecule has 0 bridgehead atoms. The Hall–Kier alpha value is -3.48. The van der Waals surface area contributed by atoms with Crippen LogP contribution in [0.2, 0.25) is 0 Å². The molecule has 0 spiro atoms. The number of rotatable bonds is 7. The molecule has 0 saturated heterocycles. The van der Waals surface area contributed by atoms with E-state index in [4.69, 9.17) is 0 Å². The molecule has 1 atom stereocenters. The zero-order valence-electron chi connectivity index (χ0n) is 15.9. The molecule has 3 aromatic rings. The van der Waals surface area contributed by atoms with Gasteiger partial charge in [-0.3, -0.25) is 9.59 Å². The van der Waals surface area contributed by atoms with Crippen LogP contribution in [0, 0.1) is 6.92 Å². The van der Waals surface area contributed by atoms with Crippen LogP contribution in [0.15, 0.2) is 61.2 Å². The summed E-state index contributed by atoms with van der Waals surface area (Å²) in [5.74, 6) is -0.489. The van der Waals surface area contributed by atoms with Crippen molar-refractivity contribution in [2.24, 2.45) is 0 Å². The van der Waals surface area contributed by atoms with Crippen molar-refractivity contribution in [3.05, 3.63) is 83.4 Å². The molecule has 2 N–H and O–H groups in total. The van der Waals surface area contributed by atoms with Crippen LogP contribution in [0.1, 0.15) is 34.0 Å². The van der Waals surface area contributed by atoms with E-state index in [-0.39, 0.29) is 11.8 Å². The Kier molecular flexibility index (Phi) is 6.16. The Labute approximate surface area is 163 Å². The molecular weight excluding hydrogens is 354 g/mol. The summed E-state index contributed by atoms with van der Waals surface area (Å²) in [7, 11) is 0. The predicted octanol–water partition coefficient (Wildman–Crippen LogP) is 2.07. The number of aryl methyl sites for hydroxylation is 1. The van der Waals surface area contributed by atoms with E-state index in [2.05, 4.69) is 20.7 Å². The zero-order chi connectivity index (χ0) is 19.9. The molecule has 0 saturated carbocycles. The number of nitrogens with one attached hydrogen (secondary N) is 2. The number of hydrogen-bond acceptors (Lipinski definition) is 4. The lowest BCUT2D eigenvalue weighted by Gasteiger charge is -2.14. The largest absolute Gasteiger partial charge is 0.350 e. The fourth-order valence-electron chi connectivity index (χ4n) is 2.74. The Morgan fingerprint density at radius 1 is 1.11 bits per heavy atom. The summed E-state index contributed by atoms with van der Waals surface area (Å²) in [5, 5.41) is 9.65. The molecule has 0 aliphatic rings. The van der Waals surface area contributed by atoms with Crippen LogP contribution in [-0.4, -0.2) is 32.6 Å². The number of aromatic nitrogens is 3. The molecular formula is C21H23N5O2. The SMILES string of the molecule is Cc1cccc(C(=O)N[C@H](C)C(=O)NCc2ccc(Cn3cncn3)cc2)c1. The van der Waals surface area contributed by atoms with Gasteiger partial charge in [-0.15, -0.1) is 0 Å². The highest BCUT2D eigenvalue weighted by molar-refractivity contribution is 5.97. The van der Waals surface area contributed by atoms with Crippen LogP contribution in [-0.2, 0) is 17.9 Å². The molecule has 1 aromatic heterocycles. The second-order valence-electron chi connectivity index (χ2n) is 6.69. The van der Waals surface area contributed by atoms with Crippen molar-refractivity contribution in [3.63, 3.8) is 0 Å². The number of hydrogen-bond donors (Lipinski definition) is 2. The molecule has 0 fully saturated rings. The fraction of sp³-hybridized carbons (Fsp3) is 0.238. The van der Waals surface area contributed by atoms with Crippen LogP contribution >= 0.6 is 0 Å². The van der Waals surface area contributed by atoms with Crippen molar-refractivity contribution in [1.29, 1.82) is 0 Å². The quantitative estimate of drug-likeness (QED) is 0.660. The first kappa shape index (κ1) is 19.3. The standard InChI is InChI=1S/C21H23N5O2/c1-15-4-3-5-19(10-15)21(28)25-16(2)20(27)23-11-17-6-8-18(9-7-17)12-26-14-22-13-24-26/h3-10,13-14,16H,11-12H2,1-2H3,(H,23,27)(H,25,28)/t16-/m1/s1. The van der Waals surface area contributed by atoms with Crippen LogP contribution in [0.3, 0.4) is 0 Å². The van der Waals surface area contributed by atoms with Crippen molar-refractivity contribution in [2.75, 3.05) is 0 Å². The number of carbonyl (C=O) groups excluding carboxylic acids is 2. The van der Waals surface area contributed by atoms with Crippen LogP contribution < -0.4 is 10.6 Å². The first-order valence-corrected chi connectivity index (χ1v) is 9.07. The summed E-state index contributed by atoms with van der Waals surface area (Å²) in [6.45, 7) is 4.64. The van der Waals surface area contributed by atoms with Gasteiger partial charge >= 0.3 is 0 Å². The lowest BCUT2D eigenvalue weighted by atomic mass is 10.1. The highest BCUT2D eigenvalue weighted by Crippen LogP contribution is 2.07. The molecule has 7 nitrogen and oxygen atoms in total. The number of amides is 2. The van der Waals surface area contributed by atoms with Gasteiger partial charge in [-0.1, -0.05) is 42.0 Å². The predicted molar refractivity (Wildman–Crippen MR) is 106 cm³/mol. The average molecular weight is 377 g/mol. The first-order chi connectivity index (χ1) is 13.5. The molecule has 0 radical (unpaired) electrons. The van der Waals surface area contributed by atoms with E-state index >= 15 is 0 Å². The second-order valence-corrected chi connectivity index (χ2v) is 6.69. The maximum Gasteiger partial charge on any atom is 0.251 e. The normalized spacial score (nSPS) is 11.6. The van der Waals surface area contributed by atoms with Gasteiger partial charge in [0, 0.05) is 12.1 Å². The van der Waals surface area contributed by atoms with Crippen molar-refractivity contribution in [3.8, 4) is 0 Å². The van der Waals surface area contributed by atoms with E-state index in [1.165, 1.54) is 6.33 Å². The monoisotopic (exact) mass is 377 g/mol. The molecule has 1 heterocycles. The zero-order valence-corrected chi connectivity index (χ0v) is 15.9. The Bertz CT molecular complexity index is 936. The van der Waals surface area contributed by atoms with Crippen LogP contribution in [0.5, 0.6) is 0 Å². The van der Waals surface area contributed by atoms with Gasteiger partial charge in [-0.05, 0) is 37.1 Å². The van der Waals surface area contributed by atoms with Gasteiger partial charge in [-0.2, -0.15) is 5.10 Å². The molecule has 2 amide bonds. The molecule has 28 heavy (non-hydrogen) atoms. The minimum atomic E-state index is -0.625. The summed E-state index contributed by atoms with van der Waals surface area (Å²) >= 11 is 0. The van der Waals surface area contributed by atoms with E-state index in [9.17, 15) is 9.59 Å². The van der Waals surface area contributed by atoms with E-state index in [1.807, 2.05) is 43.3 Å². The maximum atomic E-state index is 12.3. The maximum absolute atomic E-state index is 12.3. The van der Waals surface area contributed by atoms with E-state index in [0.717, 1.165) is 16.7 Å². The third-order valence-corrected chi connectivity index (χ3v) is 4.32. The second kappa shape index (κ2) is 8.94. The van der Waals surface area contributed by atoms with E-state index < -0.39 is 6.04 Å². The van der Waals surface area contributed by atoms with Gasteiger partial charge in [0.2, 0.25) is 5.91 Å². The first-order valence-electron chi connectivity index (χ1n) is 9.07. The summed E-state index contributed by atoms with van der Waals surface area (Å²) < 4.78 is 1.75. The molecule has 144 valence electrons. The fourth-order valence-corrected chi connectivity index (χ4v) is 2.74. The summed E-state index contributed by atoms with van der Waals surface area (Å²) in [6, 6.07) is 14.5. The third kappa shape index (κ3) is 5.26. The van der Waals surface area contributed by atoms with Gasteiger partial charge in [0.15, 0.2) is 0 Å². The van der Waals surface area contributed by atoms with Gasteiger partial charge < -0.3 is 10.6 Å². The van der Waals surface area contributed by atoms with Gasteiger partial charge in [0.05, 0.1) is 6.54 Å². The molecule has 7 heteroatoms. The highest BCUT2D eigenvalue weighted by Gasteiger charge is 2.16. The smallest absolute Gasteiger partial charge is 0.251 e. The average Bonchev–Trinajstić information content (AvgIpc) is 3.20. The Morgan fingerprint density at radius 2 is 1.86 bits per heavy atom. The van der Waals surface area contributed by atoms with Crippen molar-refractivity contribution >= 4 is 11.8 Å². The van der Waals surface area contributed by atoms with Crippen molar-refractivity contribution in [1.82, 2.24) is 25.4 Å². The minimum absolute atomic E-state index is 0.229. The lowest BCUT2D eigenvalue weighted by molar-refractivity contribution is -0.122. The van der Waals surface area contributed by atoms with E-state index in [0.29, 0.717) is 18.7 Å². The molecule has 0 aliphatic carbocycles. The topological polar surface area (TPSA) is 88.9 Å². The summed E-state index contributed by atoms with van der Waals surface area (Å²) in [4.78, 5) is 28.5. The molecule has 2 aromatic carbocycles. The number of carbonyl (C=O) groups is 2. The Balaban J connectivity index is 1.48. The van der Waals surface area contributed by atoms with Gasteiger partial charge in [0.1, 0.15) is 18.7 Å². The van der Waals surface area contributed by atoms with Gasteiger partial charge in [0.25, 0.3) is 5.91 Å². The van der Waals surface area contributed by atoms with E-state index in [1.54, 1.807) is 30.1 Å². The van der Waals surface area contributed by atoms with Crippen LogP contribution in [0.4, 0.5) is 0 Å². The highest BCUT2D eigenvalue weighted by atomic mass is 16.2. The summed E-state index contributed by atoms with van der Waals surface area (Å²) in [6.07, 6.45) is 3.17. The number of nitrogens with zero attached hydrogens (tertiary/aromatic N) is 3. The lowest BCUT2D eigenvalue weighted by Crippen LogP contribution is -2.44. The molecule has 0 unspecified atom stereocenters. The van der Waals surface area contributed by atoms with Crippen molar-refractivity contribution in [2.45, 2.75) is 33.0 Å². The van der Waals surface area contributed by atoms with Crippen molar-refractivity contribution < 1.29 is 9.59 Å². The van der Waals surface area contributed by atoms with Crippen LogP contribution in [0.25, 0.3) is 0 Å². The minimum Gasteiger partial charge on any atom is -0.350 e. The Morgan fingerprint density at radius 3 is 2.54 bits per heavy atom. The third-order valence-electron chi connectivity index (χ3n) is 4.32. The van der Waals surface area contributed by atoms with Gasteiger partial charge in [-0.25, -0.2) is 9.67 Å². The molecule has 3 rings (SSSR count). The summed E-state index contributed by atoms with van der Waals surface area (Å²) in [5.41, 5.74) is 3.62. The number of benzene rings is 2.